The smallest absolute Gasteiger partial charge is 0.237 e. The molecule has 0 aliphatic heterocycles. The van der Waals surface area contributed by atoms with Gasteiger partial charge in [-0.1, -0.05) is 13.0 Å². The highest BCUT2D eigenvalue weighted by Crippen LogP contribution is 2.08. The average molecular weight is 216 g/mol. The molecule has 0 aromatic heterocycles. The van der Waals surface area contributed by atoms with E-state index in [4.69, 9.17) is 15.9 Å². The second-order valence-electron chi connectivity index (χ2n) is 3.57. The van der Waals surface area contributed by atoms with Gasteiger partial charge in [0.25, 0.3) is 0 Å². The first-order chi connectivity index (χ1) is 7.05. The van der Waals surface area contributed by atoms with Crippen molar-refractivity contribution in [1.29, 1.82) is 0 Å². The van der Waals surface area contributed by atoms with Crippen LogP contribution < -0.4 is 11.1 Å². The maximum Gasteiger partial charge on any atom is 0.237 e. The lowest BCUT2D eigenvalue weighted by Crippen LogP contribution is -2.57. The van der Waals surface area contributed by atoms with Gasteiger partial charge in [0.15, 0.2) is 0 Å². The first kappa shape index (κ1) is 14.1. The fourth-order valence-corrected chi connectivity index (χ4v) is 1.08. The summed E-state index contributed by atoms with van der Waals surface area (Å²) in [4.78, 5) is 11.5. The maximum atomic E-state index is 11.5. The minimum Gasteiger partial charge on any atom is -0.394 e. The molecule has 0 radical (unpaired) electrons. The van der Waals surface area contributed by atoms with Gasteiger partial charge in [0.05, 0.1) is 24.8 Å². The van der Waals surface area contributed by atoms with Gasteiger partial charge in [0.1, 0.15) is 0 Å². The normalized spacial score (nSPS) is 13.3. The number of carbonyl (C=O) groups excluding carboxylic acids is 1. The first-order valence-corrected chi connectivity index (χ1v) is 4.95. The number of hydrogen-bond acceptors (Lipinski definition) is 4. The largest absolute Gasteiger partial charge is 0.394 e. The van der Waals surface area contributed by atoms with Crippen molar-refractivity contribution in [3.63, 3.8) is 0 Å². The van der Waals surface area contributed by atoms with E-state index in [1.807, 2.05) is 0 Å². The molecule has 88 valence electrons. The van der Waals surface area contributed by atoms with Gasteiger partial charge in [-0.15, -0.1) is 6.58 Å². The minimum atomic E-state index is -0.976. The summed E-state index contributed by atoms with van der Waals surface area (Å²) in [7, 11) is 0. The Labute approximate surface area is 90.0 Å². The van der Waals surface area contributed by atoms with E-state index in [0.717, 1.165) is 0 Å². The second kappa shape index (κ2) is 6.55. The van der Waals surface area contributed by atoms with E-state index < -0.39 is 11.6 Å². The Balaban J connectivity index is 4.40. The van der Waals surface area contributed by atoms with Crippen LogP contribution >= 0.6 is 0 Å². The van der Waals surface area contributed by atoms with Gasteiger partial charge in [0, 0.05) is 0 Å². The third kappa shape index (κ3) is 3.99. The predicted molar refractivity (Wildman–Crippen MR) is 58.1 cm³/mol. The number of aliphatic hydroxyl groups is 2. The van der Waals surface area contributed by atoms with Gasteiger partial charge in [-0.25, -0.2) is 0 Å². The van der Waals surface area contributed by atoms with Crippen LogP contribution in [0.3, 0.4) is 0 Å². The molecule has 0 spiro atoms. The van der Waals surface area contributed by atoms with E-state index in [0.29, 0.717) is 12.8 Å². The van der Waals surface area contributed by atoms with Crippen LogP contribution in [0.2, 0.25) is 0 Å². The van der Waals surface area contributed by atoms with Crippen LogP contribution in [0.1, 0.15) is 19.8 Å². The Hall–Kier alpha value is -0.910. The lowest BCUT2D eigenvalue weighted by atomic mass is 9.97. The number of amides is 1. The monoisotopic (exact) mass is 216 g/mol. The number of carbonyl (C=O) groups is 1. The summed E-state index contributed by atoms with van der Waals surface area (Å²) in [5, 5.41) is 20.8. The van der Waals surface area contributed by atoms with Crippen LogP contribution in [-0.4, -0.2) is 40.9 Å². The zero-order chi connectivity index (χ0) is 11.9. The molecule has 5 N–H and O–H groups in total. The lowest BCUT2D eigenvalue weighted by molar-refractivity contribution is -0.125. The molecule has 5 heteroatoms. The molecule has 5 nitrogen and oxygen atoms in total. The molecule has 0 fully saturated rings. The van der Waals surface area contributed by atoms with Crippen molar-refractivity contribution in [3.8, 4) is 0 Å². The van der Waals surface area contributed by atoms with E-state index in [-0.39, 0.29) is 19.1 Å². The molecule has 0 aromatic carbocycles. The number of nitrogens with one attached hydrogen (secondary N) is 1. The molecule has 0 heterocycles. The quantitative estimate of drug-likeness (QED) is 0.416. The van der Waals surface area contributed by atoms with E-state index in [1.165, 1.54) is 0 Å². The molecule has 1 atom stereocenters. The Morgan fingerprint density at radius 2 is 2.13 bits per heavy atom. The maximum absolute atomic E-state index is 11.5. The zero-order valence-electron chi connectivity index (χ0n) is 9.07. The van der Waals surface area contributed by atoms with Crippen molar-refractivity contribution in [2.75, 3.05) is 13.2 Å². The van der Waals surface area contributed by atoms with Crippen molar-refractivity contribution in [1.82, 2.24) is 5.32 Å². The molecule has 0 rings (SSSR count). The summed E-state index contributed by atoms with van der Waals surface area (Å²) >= 11 is 0. The highest BCUT2D eigenvalue weighted by molar-refractivity contribution is 5.82. The number of aliphatic hydroxyl groups excluding tert-OH is 2. The third-order valence-electron chi connectivity index (χ3n) is 2.43. The van der Waals surface area contributed by atoms with Crippen molar-refractivity contribution in [2.45, 2.75) is 31.3 Å². The topological polar surface area (TPSA) is 95.6 Å². The van der Waals surface area contributed by atoms with Crippen molar-refractivity contribution in [3.05, 3.63) is 12.7 Å². The molecule has 1 unspecified atom stereocenters. The number of rotatable bonds is 7. The predicted octanol–water partition coefficient (Wildman–Crippen LogP) is -0.861. The summed E-state index contributed by atoms with van der Waals surface area (Å²) < 4.78 is 0. The molecule has 0 saturated carbocycles. The number of nitrogens with two attached hydrogens (primary N) is 1. The van der Waals surface area contributed by atoms with Gasteiger partial charge >= 0.3 is 0 Å². The average Bonchev–Trinajstić information content (AvgIpc) is 2.26. The lowest BCUT2D eigenvalue weighted by Gasteiger charge is -2.30. The summed E-state index contributed by atoms with van der Waals surface area (Å²) in [6.07, 6.45) is 2.35. The molecular weight excluding hydrogens is 196 g/mol. The van der Waals surface area contributed by atoms with Crippen molar-refractivity contribution in [2.24, 2.45) is 5.73 Å². The highest BCUT2D eigenvalue weighted by Gasteiger charge is 2.29. The molecular formula is C10H20N2O3. The van der Waals surface area contributed by atoms with Crippen LogP contribution in [0.5, 0.6) is 0 Å². The highest BCUT2D eigenvalue weighted by atomic mass is 16.3. The van der Waals surface area contributed by atoms with Gasteiger partial charge in [0.2, 0.25) is 5.91 Å². The van der Waals surface area contributed by atoms with Crippen LogP contribution in [-0.2, 0) is 4.79 Å². The molecule has 1 amide bonds. The van der Waals surface area contributed by atoms with Gasteiger partial charge in [-0.2, -0.15) is 0 Å². The van der Waals surface area contributed by atoms with E-state index in [9.17, 15) is 4.79 Å². The summed E-state index contributed by atoms with van der Waals surface area (Å²) in [6.45, 7) is 4.62. The third-order valence-corrected chi connectivity index (χ3v) is 2.43. The van der Waals surface area contributed by atoms with E-state index in [2.05, 4.69) is 11.9 Å². The SMILES string of the molecule is C=CCC(N)C(=O)NC(CC)(CO)CO. The van der Waals surface area contributed by atoms with Crippen LogP contribution in [0.15, 0.2) is 12.7 Å². The molecule has 0 bridgehead atoms. The number of hydrogen-bond donors (Lipinski definition) is 4. The minimum absolute atomic E-state index is 0.313. The Bertz CT molecular complexity index is 206. The van der Waals surface area contributed by atoms with Crippen LogP contribution in [0.25, 0.3) is 0 Å². The Kier molecular flexibility index (Phi) is 6.15. The molecule has 15 heavy (non-hydrogen) atoms. The van der Waals surface area contributed by atoms with Gasteiger partial charge in [-0.05, 0) is 12.8 Å². The van der Waals surface area contributed by atoms with E-state index in [1.54, 1.807) is 13.0 Å². The zero-order valence-corrected chi connectivity index (χ0v) is 9.07. The van der Waals surface area contributed by atoms with Crippen molar-refractivity contribution >= 4 is 5.91 Å². The van der Waals surface area contributed by atoms with Crippen LogP contribution in [0, 0.1) is 0 Å². The first-order valence-electron chi connectivity index (χ1n) is 4.95. The summed E-state index contributed by atoms with van der Waals surface area (Å²) in [5.74, 6) is -0.389. The Morgan fingerprint density at radius 1 is 1.60 bits per heavy atom. The van der Waals surface area contributed by atoms with Crippen LogP contribution in [0.4, 0.5) is 0 Å². The fraction of sp³-hybridized carbons (Fsp3) is 0.700. The second-order valence-corrected chi connectivity index (χ2v) is 3.57. The van der Waals surface area contributed by atoms with Crippen molar-refractivity contribution < 1.29 is 15.0 Å². The summed E-state index contributed by atoms with van der Waals surface area (Å²) in [6, 6.07) is -0.688. The standard InChI is InChI=1S/C10H20N2O3/c1-3-5-8(11)9(15)12-10(4-2,6-13)7-14/h3,8,13-14H,1,4-7,11H2,2H3,(H,12,15). The fourth-order valence-electron chi connectivity index (χ4n) is 1.08. The summed E-state index contributed by atoms with van der Waals surface area (Å²) in [5.41, 5.74) is 4.58. The molecule has 0 aliphatic carbocycles. The van der Waals surface area contributed by atoms with Gasteiger partial charge < -0.3 is 21.3 Å². The molecule has 0 aromatic rings. The van der Waals surface area contributed by atoms with Gasteiger partial charge in [-0.3, -0.25) is 4.79 Å². The van der Waals surface area contributed by atoms with E-state index >= 15 is 0 Å². The molecule has 0 saturated heterocycles. The molecule has 0 aliphatic rings. The Morgan fingerprint density at radius 3 is 2.47 bits per heavy atom.